The Balaban J connectivity index is 1.66. The maximum Gasteiger partial charge on any atom is 0.416 e. The van der Waals surface area contributed by atoms with Crippen LogP contribution in [0.4, 0.5) is 18.9 Å². The molecule has 2 heterocycles. The minimum Gasteiger partial charge on any atom is -0.379 e. The van der Waals surface area contributed by atoms with E-state index < -0.39 is 34.0 Å². The number of hydrazine groups is 1. The Labute approximate surface area is 188 Å². The van der Waals surface area contributed by atoms with E-state index in [2.05, 4.69) is 15.8 Å². The molecule has 0 saturated carbocycles. The number of allylic oxidation sites excluding steroid dienone is 1. The van der Waals surface area contributed by atoms with Crippen molar-refractivity contribution < 1.29 is 27.6 Å². The number of nitro groups is 1. The zero-order chi connectivity index (χ0) is 23.8. The zero-order valence-corrected chi connectivity index (χ0v) is 18.0. The topological polar surface area (TPSA) is 98.0 Å². The van der Waals surface area contributed by atoms with Crippen molar-refractivity contribution in [3.63, 3.8) is 0 Å². The van der Waals surface area contributed by atoms with E-state index in [1.54, 1.807) is 13.1 Å². The first kappa shape index (κ1) is 23.0. The van der Waals surface area contributed by atoms with Crippen molar-refractivity contribution in [3.8, 4) is 0 Å². The van der Waals surface area contributed by atoms with Gasteiger partial charge in [0, 0.05) is 36.1 Å². The first-order chi connectivity index (χ1) is 15.5. The first-order valence-corrected chi connectivity index (χ1v) is 10.4. The summed E-state index contributed by atoms with van der Waals surface area (Å²) in [5, 5.41) is 11.2. The molecular weight excluding hydrogens is 441 g/mol. The minimum absolute atomic E-state index is 0.0401. The van der Waals surface area contributed by atoms with Crippen molar-refractivity contribution >= 4 is 11.5 Å². The van der Waals surface area contributed by atoms with Crippen molar-refractivity contribution in [2.24, 2.45) is 4.99 Å². The highest BCUT2D eigenvalue weighted by Crippen LogP contribution is 2.36. The maximum atomic E-state index is 13.3. The van der Waals surface area contributed by atoms with Crippen LogP contribution in [0.2, 0.25) is 0 Å². The number of halogens is 3. The Morgan fingerprint density at radius 2 is 2.15 bits per heavy atom. The lowest BCUT2D eigenvalue weighted by Gasteiger charge is -2.33. The molecular formula is C22H23F3N4O4. The second kappa shape index (κ2) is 8.64. The number of nitrogens with one attached hydrogen (secondary N) is 2. The predicted octanol–water partition coefficient (Wildman–Crippen LogP) is 4.13. The third kappa shape index (κ3) is 5.09. The van der Waals surface area contributed by atoms with Gasteiger partial charge in [0.15, 0.2) is 0 Å². The number of rotatable bonds is 5. The SMILES string of the molecule is C[C@@H](N=C1NNC=C2C=CC(C)(O[C@@H]3CCOC3)C=C21)c1cc([N+](=O)[O-])cc(C(F)(F)F)c1. The quantitative estimate of drug-likeness (QED) is 0.503. The first-order valence-electron chi connectivity index (χ1n) is 10.4. The molecule has 3 aliphatic rings. The van der Waals surface area contributed by atoms with Crippen molar-refractivity contribution in [1.82, 2.24) is 10.9 Å². The summed E-state index contributed by atoms with van der Waals surface area (Å²) >= 11 is 0. The van der Waals surface area contributed by atoms with Crippen LogP contribution in [0.25, 0.3) is 0 Å². The molecule has 176 valence electrons. The van der Waals surface area contributed by atoms with E-state index in [0.717, 1.165) is 24.1 Å². The lowest BCUT2D eigenvalue weighted by molar-refractivity contribution is -0.385. The van der Waals surface area contributed by atoms with E-state index in [-0.39, 0.29) is 11.7 Å². The average Bonchev–Trinajstić information content (AvgIpc) is 3.25. The molecule has 4 rings (SSSR count). The predicted molar refractivity (Wildman–Crippen MR) is 114 cm³/mol. The maximum absolute atomic E-state index is 13.3. The van der Waals surface area contributed by atoms with Crippen molar-refractivity contribution in [2.75, 3.05) is 13.2 Å². The van der Waals surface area contributed by atoms with Crippen LogP contribution in [0.3, 0.4) is 0 Å². The molecule has 11 heteroatoms. The molecule has 8 nitrogen and oxygen atoms in total. The lowest BCUT2D eigenvalue weighted by atomic mass is 9.89. The van der Waals surface area contributed by atoms with Crippen molar-refractivity contribution in [1.29, 1.82) is 0 Å². The summed E-state index contributed by atoms with van der Waals surface area (Å²) in [5.41, 5.74) is 4.96. The Morgan fingerprint density at radius 1 is 1.36 bits per heavy atom. The van der Waals surface area contributed by atoms with Crippen LogP contribution in [-0.4, -0.2) is 35.7 Å². The monoisotopic (exact) mass is 464 g/mol. The molecule has 2 aliphatic heterocycles. The molecule has 0 bridgehead atoms. The van der Waals surface area contributed by atoms with Gasteiger partial charge in [0.2, 0.25) is 0 Å². The fraction of sp³-hybridized carbons (Fsp3) is 0.409. The van der Waals surface area contributed by atoms with Gasteiger partial charge >= 0.3 is 6.18 Å². The number of hydrogen-bond acceptors (Lipinski definition) is 6. The highest BCUT2D eigenvalue weighted by Gasteiger charge is 2.34. The van der Waals surface area contributed by atoms with E-state index in [9.17, 15) is 23.3 Å². The molecule has 0 spiro atoms. The van der Waals surface area contributed by atoms with Crippen molar-refractivity contribution in [2.45, 2.75) is 44.2 Å². The number of nitrogens with zero attached hydrogens (tertiary/aromatic N) is 2. The average molecular weight is 464 g/mol. The van der Waals surface area contributed by atoms with E-state index >= 15 is 0 Å². The van der Waals surface area contributed by atoms with Gasteiger partial charge in [0.25, 0.3) is 5.69 Å². The Hall–Kier alpha value is -3.18. The number of hydrogen-bond donors (Lipinski definition) is 2. The summed E-state index contributed by atoms with van der Waals surface area (Å²) < 4.78 is 51.4. The van der Waals surface area contributed by atoms with Crippen LogP contribution < -0.4 is 10.9 Å². The standard InChI is InChI=1S/C22H23F3N4O4/c1-13(15-7-16(22(23,24)25)9-17(8-15)29(30)31)27-20-19-10-21(2,33-18-4-6-32-12-18)5-3-14(19)11-26-28-20/h3,5,7-11,13,18,26H,4,6,12H2,1-2H3,(H,27,28)/t13-,18-,21?/m1/s1. The molecule has 1 fully saturated rings. The number of non-ortho nitro benzene ring substituents is 1. The van der Waals surface area contributed by atoms with E-state index in [1.165, 1.54) is 0 Å². The number of ether oxygens (including phenoxy) is 2. The van der Waals surface area contributed by atoms with E-state index in [4.69, 9.17) is 9.47 Å². The molecule has 1 aromatic rings. The summed E-state index contributed by atoms with van der Waals surface area (Å²) in [5.74, 6) is 0.391. The smallest absolute Gasteiger partial charge is 0.379 e. The van der Waals surface area contributed by atoms with Crippen LogP contribution in [0.5, 0.6) is 0 Å². The third-order valence-electron chi connectivity index (χ3n) is 5.60. The number of amidine groups is 1. The normalized spacial score (nSPS) is 26.7. The second-order valence-electron chi connectivity index (χ2n) is 8.27. The molecule has 0 amide bonds. The number of nitro benzene ring substituents is 1. The second-order valence-corrected chi connectivity index (χ2v) is 8.27. The molecule has 1 aliphatic carbocycles. The van der Waals surface area contributed by atoms with Gasteiger partial charge in [-0.25, -0.2) is 0 Å². The summed E-state index contributed by atoms with van der Waals surface area (Å²) in [7, 11) is 0. The van der Waals surface area contributed by atoms with Gasteiger partial charge in [-0.3, -0.25) is 20.5 Å². The van der Waals surface area contributed by atoms with E-state index in [0.29, 0.717) is 30.7 Å². The van der Waals surface area contributed by atoms with Crippen LogP contribution in [0, 0.1) is 10.1 Å². The third-order valence-corrected chi connectivity index (χ3v) is 5.60. The number of benzene rings is 1. The summed E-state index contributed by atoms with van der Waals surface area (Å²) in [6, 6.07) is 1.72. The van der Waals surface area contributed by atoms with Crippen LogP contribution in [0.15, 0.2) is 58.8 Å². The summed E-state index contributed by atoms with van der Waals surface area (Å²) in [6.45, 7) is 4.65. The Morgan fingerprint density at radius 3 is 2.82 bits per heavy atom. The molecule has 0 aromatic heterocycles. The molecule has 1 aromatic carbocycles. The molecule has 0 radical (unpaired) electrons. The lowest BCUT2D eigenvalue weighted by Crippen LogP contribution is -2.42. The summed E-state index contributed by atoms with van der Waals surface area (Å²) in [6.07, 6.45) is 3.47. The number of aliphatic imine (C=N–C) groups is 1. The van der Waals surface area contributed by atoms with Crippen LogP contribution in [0.1, 0.15) is 37.4 Å². The molecule has 1 saturated heterocycles. The van der Waals surface area contributed by atoms with Gasteiger partial charge in [-0.15, -0.1) is 0 Å². The highest BCUT2D eigenvalue weighted by atomic mass is 19.4. The van der Waals surface area contributed by atoms with Crippen LogP contribution in [-0.2, 0) is 15.7 Å². The van der Waals surface area contributed by atoms with Gasteiger partial charge in [0.05, 0.1) is 29.2 Å². The zero-order valence-electron chi connectivity index (χ0n) is 18.0. The molecule has 2 N–H and O–H groups in total. The summed E-state index contributed by atoms with van der Waals surface area (Å²) in [4.78, 5) is 14.9. The van der Waals surface area contributed by atoms with Gasteiger partial charge < -0.3 is 14.9 Å². The van der Waals surface area contributed by atoms with Gasteiger partial charge in [-0.2, -0.15) is 13.2 Å². The Bertz CT molecular complexity index is 1070. The molecule has 3 atom stereocenters. The Kier molecular flexibility index (Phi) is 6.02. The highest BCUT2D eigenvalue weighted by molar-refractivity contribution is 6.04. The molecule has 33 heavy (non-hydrogen) atoms. The van der Waals surface area contributed by atoms with Gasteiger partial charge in [-0.05, 0) is 44.1 Å². The minimum atomic E-state index is -4.71. The number of fused-ring (bicyclic) bond motifs is 1. The molecule has 1 unspecified atom stereocenters. The van der Waals surface area contributed by atoms with Crippen LogP contribution >= 0.6 is 0 Å². The van der Waals surface area contributed by atoms with Gasteiger partial charge in [-0.1, -0.05) is 6.08 Å². The van der Waals surface area contributed by atoms with Crippen molar-refractivity contribution in [3.05, 3.63) is 75.0 Å². The fourth-order valence-corrected chi connectivity index (χ4v) is 3.90. The largest absolute Gasteiger partial charge is 0.416 e. The fourth-order valence-electron chi connectivity index (χ4n) is 3.90. The van der Waals surface area contributed by atoms with Gasteiger partial charge in [0.1, 0.15) is 11.4 Å². The van der Waals surface area contributed by atoms with E-state index in [1.807, 2.05) is 25.2 Å². The number of alkyl halides is 3.